The summed E-state index contributed by atoms with van der Waals surface area (Å²) >= 11 is 0. The molecular weight excluding hydrogens is 416 g/mol. The molecule has 33 heavy (non-hydrogen) atoms. The quantitative estimate of drug-likeness (QED) is 0.708. The maximum atomic E-state index is 13.5. The first kappa shape index (κ1) is 21.1. The number of carbonyl (C=O) groups excluding carboxylic acids is 1. The van der Waals surface area contributed by atoms with Crippen molar-refractivity contribution in [1.82, 2.24) is 19.8 Å². The molecule has 2 aromatic rings. The average molecular weight is 449 g/mol. The van der Waals surface area contributed by atoms with Crippen molar-refractivity contribution < 1.29 is 9.90 Å². The van der Waals surface area contributed by atoms with Crippen molar-refractivity contribution in [3.63, 3.8) is 0 Å². The SMILES string of the molecule is O=C(NC1CCCC1)[C@@H]1[C@@H](CO)[C@@H]2Cn3c(ccc(-c4cccnc4)c3=O)[C@@H]2N1CC1CC1. The van der Waals surface area contributed by atoms with E-state index in [1.807, 2.05) is 22.8 Å². The monoisotopic (exact) mass is 448 g/mol. The lowest BCUT2D eigenvalue weighted by molar-refractivity contribution is -0.128. The summed E-state index contributed by atoms with van der Waals surface area (Å²) in [7, 11) is 0. The molecule has 2 aliphatic heterocycles. The van der Waals surface area contributed by atoms with Crippen LogP contribution in [0.25, 0.3) is 11.1 Å². The summed E-state index contributed by atoms with van der Waals surface area (Å²) in [5.41, 5.74) is 2.44. The van der Waals surface area contributed by atoms with Gasteiger partial charge in [-0.25, -0.2) is 0 Å². The Bertz CT molecular complexity index is 1090. The van der Waals surface area contributed by atoms with Crippen LogP contribution in [0.2, 0.25) is 0 Å². The number of pyridine rings is 2. The predicted octanol–water partition coefficient (Wildman–Crippen LogP) is 2.34. The zero-order chi connectivity index (χ0) is 22.5. The van der Waals surface area contributed by atoms with Gasteiger partial charge in [0.2, 0.25) is 5.91 Å². The van der Waals surface area contributed by atoms with Crippen LogP contribution in [0, 0.1) is 17.8 Å². The van der Waals surface area contributed by atoms with Crippen molar-refractivity contribution in [2.45, 2.75) is 63.2 Å². The predicted molar refractivity (Wildman–Crippen MR) is 124 cm³/mol. The summed E-state index contributed by atoms with van der Waals surface area (Å²) in [4.78, 5) is 33.4. The second kappa shape index (κ2) is 8.37. The molecular formula is C26H32N4O3. The molecule has 4 heterocycles. The summed E-state index contributed by atoms with van der Waals surface area (Å²) in [6.07, 6.45) is 10.3. The molecule has 2 aliphatic carbocycles. The number of nitrogens with one attached hydrogen (secondary N) is 1. The maximum Gasteiger partial charge on any atom is 0.258 e. The van der Waals surface area contributed by atoms with Crippen LogP contribution in [-0.4, -0.2) is 50.7 Å². The second-order valence-electron chi connectivity index (χ2n) is 10.4. The Morgan fingerprint density at radius 2 is 1.97 bits per heavy atom. The van der Waals surface area contributed by atoms with Gasteiger partial charge in [0, 0.05) is 66.8 Å². The Morgan fingerprint density at radius 1 is 1.15 bits per heavy atom. The lowest BCUT2D eigenvalue weighted by atomic mass is 9.88. The first-order valence-corrected chi connectivity index (χ1v) is 12.5. The molecule has 1 amide bonds. The van der Waals surface area contributed by atoms with Crippen LogP contribution in [0.1, 0.15) is 50.3 Å². The van der Waals surface area contributed by atoms with Crippen LogP contribution in [0.3, 0.4) is 0 Å². The van der Waals surface area contributed by atoms with Crippen molar-refractivity contribution >= 4 is 5.91 Å². The fourth-order valence-electron chi connectivity index (χ4n) is 6.51. The zero-order valence-electron chi connectivity index (χ0n) is 18.9. The lowest BCUT2D eigenvalue weighted by Gasteiger charge is -2.31. The first-order valence-electron chi connectivity index (χ1n) is 12.5. The third kappa shape index (κ3) is 3.62. The number of nitrogens with zero attached hydrogens (tertiary/aromatic N) is 3. The number of carbonyl (C=O) groups is 1. The molecule has 174 valence electrons. The highest BCUT2D eigenvalue weighted by molar-refractivity contribution is 5.83. The van der Waals surface area contributed by atoms with Crippen molar-refractivity contribution in [1.29, 1.82) is 0 Å². The molecule has 0 bridgehead atoms. The van der Waals surface area contributed by atoms with Gasteiger partial charge in [-0.15, -0.1) is 0 Å². The highest BCUT2D eigenvalue weighted by Gasteiger charge is 2.56. The summed E-state index contributed by atoms with van der Waals surface area (Å²) in [6, 6.07) is 7.64. The third-order valence-electron chi connectivity index (χ3n) is 8.30. The third-order valence-corrected chi connectivity index (χ3v) is 8.30. The Kier molecular flexibility index (Phi) is 5.34. The van der Waals surface area contributed by atoms with Crippen molar-refractivity contribution in [3.05, 3.63) is 52.7 Å². The molecule has 1 saturated heterocycles. The van der Waals surface area contributed by atoms with E-state index in [4.69, 9.17) is 0 Å². The first-order chi connectivity index (χ1) is 16.2. The molecule has 0 radical (unpaired) electrons. The number of aliphatic hydroxyl groups is 1. The number of hydrogen-bond acceptors (Lipinski definition) is 5. The Hall–Kier alpha value is -2.51. The van der Waals surface area contributed by atoms with Gasteiger partial charge >= 0.3 is 0 Å². The largest absolute Gasteiger partial charge is 0.396 e. The molecule has 0 aromatic carbocycles. The number of hydrogen-bond donors (Lipinski definition) is 2. The van der Waals surface area contributed by atoms with Gasteiger partial charge in [-0.2, -0.15) is 0 Å². The molecule has 2 saturated carbocycles. The van der Waals surface area contributed by atoms with Crippen LogP contribution < -0.4 is 10.9 Å². The van der Waals surface area contributed by atoms with Gasteiger partial charge in [0.15, 0.2) is 0 Å². The summed E-state index contributed by atoms with van der Waals surface area (Å²) in [6.45, 7) is 1.37. The van der Waals surface area contributed by atoms with E-state index in [9.17, 15) is 14.7 Å². The zero-order valence-corrected chi connectivity index (χ0v) is 18.9. The van der Waals surface area contributed by atoms with Gasteiger partial charge in [-0.05, 0) is 49.8 Å². The molecule has 2 aromatic heterocycles. The van der Waals surface area contributed by atoms with E-state index in [1.165, 1.54) is 25.7 Å². The van der Waals surface area contributed by atoms with E-state index in [2.05, 4.69) is 21.3 Å². The number of fused-ring (bicyclic) bond motifs is 3. The molecule has 7 nitrogen and oxygen atoms in total. The van der Waals surface area contributed by atoms with Crippen LogP contribution in [-0.2, 0) is 11.3 Å². The molecule has 3 fully saturated rings. The van der Waals surface area contributed by atoms with Crippen LogP contribution >= 0.6 is 0 Å². The number of amides is 1. The van der Waals surface area contributed by atoms with Gasteiger partial charge in [0.05, 0.1) is 12.1 Å². The molecule has 0 spiro atoms. The second-order valence-corrected chi connectivity index (χ2v) is 10.4. The fraction of sp³-hybridized carbons (Fsp3) is 0.577. The minimum absolute atomic E-state index is 0.00211. The summed E-state index contributed by atoms with van der Waals surface area (Å²) in [5.74, 6) is 0.568. The van der Waals surface area contributed by atoms with E-state index < -0.39 is 0 Å². The topological polar surface area (TPSA) is 87.5 Å². The van der Waals surface area contributed by atoms with Gasteiger partial charge in [0.1, 0.15) is 0 Å². The van der Waals surface area contributed by atoms with Crippen molar-refractivity contribution in [2.24, 2.45) is 17.8 Å². The van der Waals surface area contributed by atoms with E-state index in [0.29, 0.717) is 18.0 Å². The normalized spacial score (nSPS) is 29.2. The van der Waals surface area contributed by atoms with E-state index in [0.717, 1.165) is 30.6 Å². The van der Waals surface area contributed by atoms with Crippen LogP contribution in [0.4, 0.5) is 0 Å². The van der Waals surface area contributed by atoms with Crippen LogP contribution in [0.15, 0.2) is 41.5 Å². The van der Waals surface area contributed by atoms with Crippen molar-refractivity contribution in [2.75, 3.05) is 13.2 Å². The lowest BCUT2D eigenvalue weighted by Crippen LogP contribution is -2.51. The fourth-order valence-corrected chi connectivity index (χ4v) is 6.51. The summed E-state index contributed by atoms with van der Waals surface area (Å²) < 4.78 is 1.88. The van der Waals surface area contributed by atoms with Crippen molar-refractivity contribution in [3.8, 4) is 11.1 Å². The van der Waals surface area contributed by atoms with E-state index >= 15 is 0 Å². The molecule has 2 N–H and O–H groups in total. The summed E-state index contributed by atoms with van der Waals surface area (Å²) in [5, 5.41) is 13.7. The average Bonchev–Trinajstić information content (AvgIpc) is 3.22. The Labute approximate surface area is 193 Å². The Morgan fingerprint density at radius 3 is 2.67 bits per heavy atom. The number of rotatable bonds is 6. The molecule has 6 rings (SSSR count). The number of aliphatic hydroxyl groups excluding tert-OH is 1. The number of aromatic nitrogens is 2. The van der Waals surface area contributed by atoms with Gasteiger partial charge < -0.3 is 15.0 Å². The molecule has 0 unspecified atom stereocenters. The number of likely N-dealkylation sites (tertiary alicyclic amines) is 1. The van der Waals surface area contributed by atoms with E-state index in [-0.39, 0.29) is 48.0 Å². The van der Waals surface area contributed by atoms with Crippen LogP contribution in [0.5, 0.6) is 0 Å². The van der Waals surface area contributed by atoms with E-state index in [1.54, 1.807) is 12.4 Å². The standard InChI is InChI=1S/C26H32N4O3/c31-15-21-20-14-29-22(10-9-19(26(29)33)17-4-3-11-27-12-17)23(20)30(13-16-7-8-16)24(21)25(32)28-18-5-1-2-6-18/h3-4,9-12,16,18,20-21,23-24,31H,1-2,5-8,13-15H2,(H,28,32)/t20-,21-,23+,24-/m0/s1. The molecule has 7 heteroatoms. The Balaban J connectivity index is 1.36. The van der Waals surface area contributed by atoms with Gasteiger partial charge in [-0.1, -0.05) is 18.9 Å². The smallest absolute Gasteiger partial charge is 0.258 e. The molecule has 4 aliphatic rings. The highest BCUT2D eigenvalue weighted by atomic mass is 16.3. The van der Waals surface area contributed by atoms with Gasteiger partial charge in [-0.3, -0.25) is 19.5 Å². The highest BCUT2D eigenvalue weighted by Crippen LogP contribution is 2.50. The minimum Gasteiger partial charge on any atom is -0.396 e. The molecule has 4 atom stereocenters. The van der Waals surface area contributed by atoms with Gasteiger partial charge in [0.25, 0.3) is 5.56 Å². The minimum atomic E-state index is -0.326. The maximum absolute atomic E-state index is 13.5.